The lowest BCUT2D eigenvalue weighted by Gasteiger charge is -2.21. The van der Waals surface area contributed by atoms with Gasteiger partial charge in [0.1, 0.15) is 0 Å². The van der Waals surface area contributed by atoms with E-state index in [-0.39, 0.29) is 24.8 Å². The molecule has 0 bridgehead atoms. The molecule has 0 spiro atoms. The number of rotatable bonds is 3. The molecule has 0 unspecified atom stereocenters. The fraction of sp³-hybridized carbons (Fsp3) is 0.700. The third-order valence-corrected chi connectivity index (χ3v) is 3.59. The molecule has 0 radical (unpaired) electrons. The van der Waals surface area contributed by atoms with Crippen LogP contribution in [0, 0.1) is 0 Å². The topological polar surface area (TPSA) is 50.9 Å². The number of nitrogens with one attached hydrogen (secondary N) is 1. The Bertz CT molecular complexity index is 317. The molecule has 1 heterocycles. The molecule has 1 aromatic rings. The van der Waals surface area contributed by atoms with Gasteiger partial charge in [-0.3, -0.25) is 0 Å². The van der Waals surface area contributed by atoms with Crippen molar-refractivity contribution in [2.45, 2.75) is 38.6 Å². The summed E-state index contributed by atoms with van der Waals surface area (Å²) in [5, 5.41) is 4.29. The molecule has 16 heavy (non-hydrogen) atoms. The average molecular weight is 282 g/mol. The predicted octanol–water partition coefficient (Wildman–Crippen LogP) is -4.41. The summed E-state index contributed by atoms with van der Waals surface area (Å²) in [6, 6.07) is 0.641. The van der Waals surface area contributed by atoms with E-state index in [0.717, 1.165) is 24.5 Å². The zero-order valence-electron chi connectivity index (χ0n) is 9.30. The summed E-state index contributed by atoms with van der Waals surface area (Å²) in [7, 11) is 0. The predicted molar refractivity (Wildman–Crippen MR) is 60.6 cm³/mol. The van der Waals surface area contributed by atoms with E-state index in [1.807, 2.05) is 0 Å². The van der Waals surface area contributed by atoms with Crippen molar-refractivity contribution in [3.63, 3.8) is 0 Å². The monoisotopic (exact) mass is 281 g/mol. The number of aryl methyl sites for hydroxylation is 1. The van der Waals surface area contributed by atoms with Gasteiger partial charge in [-0.05, 0) is 32.2 Å². The lowest BCUT2D eigenvalue weighted by molar-refractivity contribution is -0.001000. The largest absolute Gasteiger partial charge is 1.00 e. The summed E-state index contributed by atoms with van der Waals surface area (Å²) in [5.74, 6) is 0. The minimum atomic E-state index is 0. The first-order valence-electron chi connectivity index (χ1n) is 5.27. The normalized spacial score (nSPS) is 18.2. The zero-order valence-corrected chi connectivity index (χ0v) is 11.6. The second kappa shape index (κ2) is 7.33. The van der Waals surface area contributed by atoms with Gasteiger partial charge in [-0.1, -0.05) is 6.92 Å². The molecule has 0 saturated carbocycles. The van der Waals surface area contributed by atoms with E-state index >= 15 is 0 Å². The highest BCUT2D eigenvalue weighted by atomic mass is 35.5. The van der Waals surface area contributed by atoms with Crippen LogP contribution in [0.2, 0.25) is 0 Å². The van der Waals surface area contributed by atoms with Gasteiger partial charge in [0.15, 0.2) is 5.13 Å². The highest BCUT2D eigenvalue weighted by Crippen LogP contribution is 2.27. The minimum absolute atomic E-state index is 0. The van der Waals surface area contributed by atoms with Crippen LogP contribution in [-0.4, -0.2) is 17.6 Å². The van der Waals surface area contributed by atoms with Crippen LogP contribution in [0.5, 0.6) is 0 Å². The maximum atomic E-state index is 5.69. The van der Waals surface area contributed by atoms with Crippen molar-refractivity contribution in [2.75, 3.05) is 12.3 Å². The molecule has 0 saturated heterocycles. The van der Waals surface area contributed by atoms with Gasteiger partial charge in [0.05, 0.1) is 5.69 Å². The average Bonchev–Trinajstić information content (AvgIpc) is 2.54. The Hall–Kier alpha value is -0.0300. The van der Waals surface area contributed by atoms with E-state index in [0.29, 0.717) is 6.04 Å². The second-order valence-electron chi connectivity index (χ2n) is 3.82. The summed E-state index contributed by atoms with van der Waals surface area (Å²) < 4.78 is 0. The molecule has 1 aromatic heterocycles. The van der Waals surface area contributed by atoms with Crippen LogP contribution < -0.4 is 35.9 Å². The smallest absolute Gasteiger partial charge is 0.180 e. The summed E-state index contributed by atoms with van der Waals surface area (Å²) in [6.07, 6.45) is 4.61. The van der Waals surface area contributed by atoms with Gasteiger partial charge in [0.25, 0.3) is 0 Å². The highest BCUT2D eigenvalue weighted by molar-refractivity contribution is 7.15. The van der Waals surface area contributed by atoms with Crippen LogP contribution in [0.25, 0.3) is 0 Å². The fourth-order valence-electron chi connectivity index (χ4n) is 1.92. The molecule has 6 heteroatoms. The van der Waals surface area contributed by atoms with Gasteiger partial charge in [0.2, 0.25) is 0 Å². The standard InChI is InChI=1S/C10H17N3S.2ClH/c1-2-5-12-7-3-4-8-9(6-7)14-10(11)13-8;;/h7,12H,2-6H2,1H3,(H2,11,13);2*1H/p-2/t7-;;/m0../s1. The number of nitrogens with zero attached hydrogens (tertiary/aromatic N) is 1. The van der Waals surface area contributed by atoms with E-state index in [4.69, 9.17) is 5.73 Å². The van der Waals surface area contributed by atoms with Crippen LogP contribution in [0.15, 0.2) is 0 Å². The summed E-state index contributed by atoms with van der Waals surface area (Å²) >= 11 is 1.65. The second-order valence-corrected chi connectivity index (χ2v) is 4.93. The van der Waals surface area contributed by atoms with Crippen molar-refractivity contribution in [3.05, 3.63) is 10.6 Å². The molecule has 1 atom stereocenters. The van der Waals surface area contributed by atoms with Crippen molar-refractivity contribution in [3.8, 4) is 0 Å². The number of fused-ring (bicyclic) bond motifs is 1. The Morgan fingerprint density at radius 3 is 2.94 bits per heavy atom. The third-order valence-electron chi connectivity index (χ3n) is 2.64. The lowest BCUT2D eigenvalue weighted by atomic mass is 9.98. The molecular weight excluding hydrogens is 265 g/mol. The van der Waals surface area contributed by atoms with Crippen molar-refractivity contribution in [2.24, 2.45) is 0 Å². The maximum Gasteiger partial charge on any atom is 0.180 e. The summed E-state index contributed by atoms with van der Waals surface area (Å²) in [4.78, 5) is 5.73. The quantitative estimate of drug-likeness (QED) is 0.588. The van der Waals surface area contributed by atoms with Crippen molar-refractivity contribution in [1.29, 1.82) is 0 Å². The van der Waals surface area contributed by atoms with Gasteiger partial charge < -0.3 is 35.9 Å². The van der Waals surface area contributed by atoms with Gasteiger partial charge in [-0.2, -0.15) is 0 Å². The molecule has 2 rings (SSSR count). The Morgan fingerprint density at radius 1 is 1.50 bits per heavy atom. The van der Waals surface area contributed by atoms with Crippen LogP contribution in [-0.2, 0) is 12.8 Å². The first kappa shape index (κ1) is 16.0. The number of aromatic nitrogens is 1. The maximum absolute atomic E-state index is 5.69. The van der Waals surface area contributed by atoms with Crippen LogP contribution >= 0.6 is 11.3 Å². The fourth-order valence-corrected chi connectivity index (χ4v) is 2.88. The number of nitrogen functional groups attached to an aromatic ring is 1. The Balaban J connectivity index is 0.00000112. The van der Waals surface area contributed by atoms with E-state index in [1.165, 1.54) is 23.4 Å². The van der Waals surface area contributed by atoms with Crippen molar-refractivity contribution in [1.82, 2.24) is 10.3 Å². The van der Waals surface area contributed by atoms with Gasteiger partial charge in [0, 0.05) is 10.9 Å². The minimum Gasteiger partial charge on any atom is -1.00 e. The molecule has 3 nitrogen and oxygen atoms in total. The molecule has 0 amide bonds. The van der Waals surface area contributed by atoms with Crippen molar-refractivity contribution >= 4 is 16.5 Å². The Morgan fingerprint density at radius 2 is 2.25 bits per heavy atom. The van der Waals surface area contributed by atoms with E-state index in [1.54, 1.807) is 11.3 Å². The molecule has 0 fully saturated rings. The number of thiazole rings is 1. The molecule has 94 valence electrons. The van der Waals surface area contributed by atoms with Crippen LogP contribution in [0.1, 0.15) is 30.3 Å². The molecule has 0 aliphatic heterocycles. The molecule has 1 aliphatic rings. The highest BCUT2D eigenvalue weighted by Gasteiger charge is 2.21. The molecule has 3 N–H and O–H groups in total. The SMILES string of the molecule is CCCN[C@H]1CCc2nc(N)sc2C1.[Cl-].[Cl-]. The zero-order chi connectivity index (χ0) is 9.97. The lowest BCUT2D eigenvalue weighted by Crippen LogP contribution is -3.00. The number of hydrogen-bond acceptors (Lipinski definition) is 4. The van der Waals surface area contributed by atoms with Gasteiger partial charge in [-0.15, -0.1) is 11.3 Å². The van der Waals surface area contributed by atoms with E-state index in [9.17, 15) is 0 Å². The Kier molecular flexibility index (Phi) is 7.31. The van der Waals surface area contributed by atoms with Crippen LogP contribution in [0.4, 0.5) is 5.13 Å². The van der Waals surface area contributed by atoms with Crippen molar-refractivity contribution < 1.29 is 24.8 Å². The molecule has 0 aromatic carbocycles. The van der Waals surface area contributed by atoms with Crippen LogP contribution in [0.3, 0.4) is 0 Å². The number of halogens is 2. The first-order valence-corrected chi connectivity index (χ1v) is 6.08. The van der Waals surface area contributed by atoms with E-state index in [2.05, 4.69) is 17.2 Å². The van der Waals surface area contributed by atoms with Gasteiger partial charge >= 0.3 is 0 Å². The van der Waals surface area contributed by atoms with Gasteiger partial charge in [-0.25, -0.2) is 4.98 Å². The first-order chi connectivity index (χ1) is 6.79. The number of anilines is 1. The Labute approximate surface area is 113 Å². The molecular formula is C10H17Cl2N3S-2. The molecule has 1 aliphatic carbocycles. The van der Waals surface area contributed by atoms with E-state index < -0.39 is 0 Å². The number of nitrogens with two attached hydrogens (primary N) is 1. The third kappa shape index (κ3) is 3.77. The summed E-state index contributed by atoms with van der Waals surface area (Å²) in [6.45, 7) is 3.32. The number of hydrogen-bond donors (Lipinski definition) is 2. The summed E-state index contributed by atoms with van der Waals surface area (Å²) in [5.41, 5.74) is 6.93.